The van der Waals surface area contributed by atoms with Crippen LogP contribution in [0.3, 0.4) is 0 Å². The predicted octanol–water partition coefficient (Wildman–Crippen LogP) is 2.39. The summed E-state index contributed by atoms with van der Waals surface area (Å²) in [7, 11) is 0. The van der Waals surface area contributed by atoms with Crippen molar-refractivity contribution in [2.75, 3.05) is 13.1 Å². The van der Waals surface area contributed by atoms with Crippen molar-refractivity contribution in [3.05, 3.63) is 28.2 Å². The second-order valence-corrected chi connectivity index (χ2v) is 5.85. The van der Waals surface area contributed by atoms with Gasteiger partial charge in [0.15, 0.2) is 0 Å². The molecule has 0 amide bonds. The highest BCUT2D eigenvalue weighted by molar-refractivity contribution is 9.10. The fourth-order valence-electron chi connectivity index (χ4n) is 2.80. The molecule has 0 aliphatic carbocycles. The van der Waals surface area contributed by atoms with E-state index in [1.54, 1.807) is 0 Å². The normalized spacial score (nSPS) is 26.4. The number of piperidine rings is 1. The SMILES string of the molecule is O[C@H]1CC2(CCNCC2)Oc2cc(Br)ccc21. The first-order chi connectivity index (χ1) is 8.19. The van der Waals surface area contributed by atoms with Crippen LogP contribution in [0.5, 0.6) is 5.75 Å². The number of fused-ring (bicyclic) bond motifs is 1. The average molecular weight is 298 g/mol. The number of aliphatic hydroxyl groups is 1. The second-order valence-electron chi connectivity index (χ2n) is 4.94. The van der Waals surface area contributed by atoms with Crippen LogP contribution in [0.25, 0.3) is 0 Å². The van der Waals surface area contributed by atoms with E-state index in [0.717, 1.165) is 41.7 Å². The maximum atomic E-state index is 10.3. The molecule has 1 fully saturated rings. The highest BCUT2D eigenvalue weighted by atomic mass is 79.9. The van der Waals surface area contributed by atoms with Gasteiger partial charge in [-0.05, 0) is 38.1 Å². The number of halogens is 1. The Morgan fingerprint density at radius 3 is 2.88 bits per heavy atom. The Balaban J connectivity index is 1.95. The van der Waals surface area contributed by atoms with Crippen LogP contribution in [0, 0.1) is 0 Å². The van der Waals surface area contributed by atoms with E-state index in [0.29, 0.717) is 6.42 Å². The Morgan fingerprint density at radius 1 is 1.35 bits per heavy atom. The summed E-state index contributed by atoms with van der Waals surface area (Å²) in [5, 5.41) is 13.6. The highest BCUT2D eigenvalue weighted by Gasteiger charge is 2.41. The van der Waals surface area contributed by atoms with Gasteiger partial charge in [0, 0.05) is 16.5 Å². The number of nitrogens with one attached hydrogen (secondary N) is 1. The van der Waals surface area contributed by atoms with E-state index in [4.69, 9.17) is 4.74 Å². The van der Waals surface area contributed by atoms with Crippen molar-refractivity contribution in [1.29, 1.82) is 0 Å². The molecule has 2 aliphatic heterocycles. The molecule has 4 heteroatoms. The van der Waals surface area contributed by atoms with E-state index < -0.39 is 6.10 Å². The number of ether oxygens (including phenoxy) is 1. The van der Waals surface area contributed by atoms with Crippen molar-refractivity contribution in [3.63, 3.8) is 0 Å². The quantitative estimate of drug-likeness (QED) is 0.773. The Labute approximate surface area is 109 Å². The van der Waals surface area contributed by atoms with E-state index in [1.165, 1.54) is 0 Å². The van der Waals surface area contributed by atoms with Crippen LogP contribution < -0.4 is 10.1 Å². The monoisotopic (exact) mass is 297 g/mol. The number of aliphatic hydroxyl groups excluding tert-OH is 1. The van der Waals surface area contributed by atoms with Gasteiger partial charge in [0.1, 0.15) is 11.4 Å². The van der Waals surface area contributed by atoms with Gasteiger partial charge in [0.2, 0.25) is 0 Å². The molecule has 0 radical (unpaired) electrons. The molecule has 0 aromatic heterocycles. The van der Waals surface area contributed by atoms with Gasteiger partial charge in [0.05, 0.1) is 6.10 Å². The molecule has 17 heavy (non-hydrogen) atoms. The average Bonchev–Trinajstić information content (AvgIpc) is 2.29. The Morgan fingerprint density at radius 2 is 2.12 bits per heavy atom. The standard InChI is InChI=1S/C13H16BrNO2/c14-9-1-2-10-11(16)8-13(17-12(10)7-9)3-5-15-6-4-13/h1-2,7,11,15-16H,3-6,8H2/t11-/m0/s1. The predicted molar refractivity (Wildman–Crippen MR) is 69.2 cm³/mol. The Kier molecular flexibility index (Phi) is 2.89. The smallest absolute Gasteiger partial charge is 0.127 e. The Hall–Kier alpha value is -0.580. The molecule has 0 unspecified atom stereocenters. The molecule has 1 spiro atoms. The minimum atomic E-state index is -0.398. The van der Waals surface area contributed by atoms with Crippen LogP contribution >= 0.6 is 15.9 Å². The first-order valence-corrected chi connectivity index (χ1v) is 6.85. The lowest BCUT2D eigenvalue weighted by atomic mass is 9.82. The summed E-state index contributed by atoms with van der Waals surface area (Å²) in [5.74, 6) is 0.833. The zero-order valence-corrected chi connectivity index (χ0v) is 11.2. The third-order valence-corrected chi connectivity index (χ3v) is 4.23. The van der Waals surface area contributed by atoms with Crippen LogP contribution in [0.2, 0.25) is 0 Å². The maximum absolute atomic E-state index is 10.3. The second kappa shape index (κ2) is 4.26. The molecule has 1 aromatic rings. The van der Waals surface area contributed by atoms with Crippen LogP contribution in [-0.4, -0.2) is 23.8 Å². The molecule has 3 rings (SSSR count). The number of hydrogen-bond acceptors (Lipinski definition) is 3. The molecule has 1 atom stereocenters. The molecule has 2 N–H and O–H groups in total. The van der Waals surface area contributed by atoms with E-state index in [2.05, 4.69) is 21.2 Å². The highest BCUT2D eigenvalue weighted by Crippen LogP contribution is 2.44. The van der Waals surface area contributed by atoms with E-state index in [9.17, 15) is 5.11 Å². The molecule has 2 aliphatic rings. The van der Waals surface area contributed by atoms with Crippen molar-refractivity contribution in [3.8, 4) is 5.75 Å². The minimum Gasteiger partial charge on any atom is -0.487 e. The van der Waals surface area contributed by atoms with Crippen LogP contribution in [0.1, 0.15) is 30.9 Å². The molecule has 1 aromatic carbocycles. The van der Waals surface area contributed by atoms with Crippen LogP contribution in [0.4, 0.5) is 0 Å². The molecule has 1 saturated heterocycles. The lowest BCUT2D eigenvalue weighted by Crippen LogP contribution is -2.49. The number of rotatable bonds is 0. The topological polar surface area (TPSA) is 41.5 Å². The van der Waals surface area contributed by atoms with Crippen molar-refractivity contribution in [1.82, 2.24) is 5.32 Å². The number of hydrogen-bond donors (Lipinski definition) is 2. The lowest BCUT2D eigenvalue weighted by molar-refractivity contribution is -0.0337. The summed E-state index contributed by atoms with van der Waals surface area (Å²) >= 11 is 3.45. The van der Waals surface area contributed by atoms with Crippen LogP contribution in [0.15, 0.2) is 22.7 Å². The third kappa shape index (κ3) is 2.09. The van der Waals surface area contributed by atoms with Gasteiger partial charge in [-0.3, -0.25) is 0 Å². The van der Waals surface area contributed by atoms with Gasteiger partial charge in [-0.2, -0.15) is 0 Å². The first kappa shape index (κ1) is 11.5. The van der Waals surface area contributed by atoms with Gasteiger partial charge >= 0.3 is 0 Å². The molecule has 0 saturated carbocycles. The molecule has 2 heterocycles. The summed E-state index contributed by atoms with van der Waals surface area (Å²) in [4.78, 5) is 0. The van der Waals surface area contributed by atoms with Crippen molar-refractivity contribution in [2.24, 2.45) is 0 Å². The van der Waals surface area contributed by atoms with Gasteiger partial charge in [-0.15, -0.1) is 0 Å². The summed E-state index contributed by atoms with van der Waals surface area (Å²) in [6, 6.07) is 5.85. The molecular weight excluding hydrogens is 282 g/mol. The first-order valence-electron chi connectivity index (χ1n) is 6.06. The Bertz CT molecular complexity index is 429. The van der Waals surface area contributed by atoms with E-state index in [-0.39, 0.29) is 5.60 Å². The van der Waals surface area contributed by atoms with Crippen molar-refractivity contribution in [2.45, 2.75) is 31.0 Å². The van der Waals surface area contributed by atoms with E-state index in [1.807, 2.05) is 18.2 Å². The van der Waals surface area contributed by atoms with Gasteiger partial charge in [0.25, 0.3) is 0 Å². The molecule has 92 valence electrons. The van der Waals surface area contributed by atoms with Gasteiger partial charge < -0.3 is 15.2 Å². The van der Waals surface area contributed by atoms with Gasteiger partial charge in [-0.25, -0.2) is 0 Å². The molecule has 3 nitrogen and oxygen atoms in total. The van der Waals surface area contributed by atoms with Crippen molar-refractivity contribution >= 4 is 15.9 Å². The summed E-state index contributed by atoms with van der Waals surface area (Å²) in [6.45, 7) is 1.94. The fourth-order valence-corrected chi connectivity index (χ4v) is 3.14. The summed E-state index contributed by atoms with van der Waals surface area (Å²) < 4.78 is 7.18. The van der Waals surface area contributed by atoms with Crippen LogP contribution in [-0.2, 0) is 0 Å². The summed E-state index contributed by atoms with van der Waals surface area (Å²) in [5.41, 5.74) is 0.746. The number of benzene rings is 1. The minimum absolute atomic E-state index is 0.168. The lowest BCUT2D eigenvalue weighted by Gasteiger charge is -2.43. The van der Waals surface area contributed by atoms with E-state index >= 15 is 0 Å². The van der Waals surface area contributed by atoms with Gasteiger partial charge in [-0.1, -0.05) is 22.0 Å². The molecule has 0 bridgehead atoms. The largest absolute Gasteiger partial charge is 0.487 e. The third-order valence-electron chi connectivity index (χ3n) is 3.74. The maximum Gasteiger partial charge on any atom is 0.127 e. The van der Waals surface area contributed by atoms with Crippen molar-refractivity contribution < 1.29 is 9.84 Å². The zero-order chi connectivity index (χ0) is 11.9. The zero-order valence-electron chi connectivity index (χ0n) is 9.58. The fraction of sp³-hybridized carbons (Fsp3) is 0.538. The molecular formula is C13H16BrNO2. The summed E-state index contributed by atoms with van der Waals surface area (Å²) in [6.07, 6.45) is 2.25.